The molecule has 1 aliphatic carbocycles. The van der Waals surface area contributed by atoms with Crippen LogP contribution in [0.1, 0.15) is 39.0 Å². The summed E-state index contributed by atoms with van der Waals surface area (Å²) in [5.74, 6) is -1.25. The number of hydrogen-bond donors (Lipinski definition) is 2. The molecule has 0 aromatic heterocycles. The molecule has 1 rings (SSSR count). The Balaban J connectivity index is 2.53. The van der Waals surface area contributed by atoms with E-state index >= 15 is 0 Å². The molecule has 0 saturated heterocycles. The molecule has 0 heterocycles. The van der Waals surface area contributed by atoms with E-state index in [0.717, 1.165) is 24.8 Å². The fourth-order valence-electron chi connectivity index (χ4n) is 1.80. The maximum absolute atomic E-state index is 10.9. The van der Waals surface area contributed by atoms with Gasteiger partial charge in [-0.15, -0.1) is 0 Å². The average molecular weight is 211 g/mol. The fourth-order valence-corrected chi connectivity index (χ4v) is 1.80. The van der Waals surface area contributed by atoms with Crippen LogP contribution in [0, 0.1) is 0 Å². The molecule has 0 aromatic carbocycles. The summed E-state index contributed by atoms with van der Waals surface area (Å²) in [5, 5.41) is 11.4. The van der Waals surface area contributed by atoms with Gasteiger partial charge in [0.15, 0.2) is 0 Å². The van der Waals surface area contributed by atoms with Gasteiger partial charge in [-0.1, -0.05) is 11.6 Å². The molecule has 4 nitrogen and oxygen atoms in total. The molecule has 2 N–H and O–H groups in total. The van der Waals surface area contributed by atoms with E-state index in [-0.39, 0.29) is 5.91 Å². The highest BCUT2D eigenvalue weighted by Gasteiger charge is 2.20. The Hall–Kier alpha value is -1.32. The van der Waals surface area contributed by atoms with Gasteiger partial charge in [0.1, 0.15) is 6.04 Å². The van der Waals surface area contributed by atoms with Crippen molar-refractivity contribution >= 4 is 11.9 Å². The van der Waals surface area contributed by atoms with Crippen molar-refractivity contribution in [2.75, 3.05) is 0 Å². The van der Waals surface area contributed by atoms with Crippen LogP contribution in [0.5, 0.6) is 0 Å². The van der Waals surface area contributed by atoms with Crippen molar-refractivity contribution in [1.82, 2.24) is 5.32 Å². The molecular formula is C11H17NO3. The summed E-state index contributed by atoms with van der Waals surface area (Å²) >= 11 is 0. The molecule has 0 saturated carbocycles. The summed E-state index contributed by atoms with van der Waals surface area (Å²) < 4.78 is 0. The summed E-state index contributed by atoms with van der Waals surface area (Å²) in [6.07, 6.45) is 6.83. The summed E-state index contributed by atoms with van der Waals surface area (Å²) in [5.41, 5.74) is 1.16. The SMILES string of the molecule is CC(=O)N[C@@H](CC1=CCCCC1)C(=O)O. The molecular weight excluding hydrogens is 194 g/mol. The van der Waals surface area contributed by atoms with Crippen molar-refractivity contribution in [1.29, 1.82) is 0 Å². The summed E-state index contributed by atoms with van der Waals surface area (Å²) in [6.45, 7) is 1.34. The zero-order valence-corrected chi connectivity index (χ0v) is 8.95. The van der Waals surface area contributed by atoms with Crippen LogP contribution in [-0.4, -0.2) is 23.0 Å². The molecule has 0 aromatic rings. The van der Waals surface area contributed by atoms with E-state index in [1.54, 1.807) is 0 Å². The molecule has 0 spiro atoms. The molecule has 4 heteroatoms. The highest BCUT2D eigenvalue weighted by Crippen LogP contribution is 2.21. The van der Waals surface area contributed by atoms with E-state index < -0.39 is 12.0 Å². The summed E-state index contributed by atoms with van der Waals surface area (Å²) in [7, 11) is 0. The maximum atomic E-state index is 10.9. The highest BCUT2D eigenvalue weighted by molar-refractivity contribution is 5.82. The first kappa shape index (κ1) is 11.8. The molecule has 0 bridgehead atoms. The van der Waals surface area contributed by atoms with Crippen LogP contribution >= 0.6 is 0 Å². The van der Waals surface area contributed by atoms with Crippen LogP contribution in [0.2, 0.25) is 0 Å². The standard InChI is InChI=1S/C11H17NO3/c1-8(13)12-10(11(14)15)7-9-5-3-2-4-6-9/h5,10H,2-4,6-7H2,1H3,(H,12,13)(H,14,15)/t10-/m0/s1. The van der Waals surface area contributed by atoms with E-state index in [9.17, 15) is 9.59 Å². The van der Waals surface area contributed by atoms with Crippen LogP contribution in [0.4, 0.5) is 0 Å². The molecule has 15 heavy (non-hydrogen) atoms. The average Bonchev–Trinajstić information content (AvgIpc) is 2.17. The Morgan fingerprint density at radius 2 is 2.27 bits per heavy atom. The maximum Gasteiger partial charge on any atom is 0.326 e. The van der Waals surface area contributed by atoms with Crippen molar-refractivity contribution < 1.29 is 14.7 Å². The Morgan fingerprint density at radius 1 is 1.53 bits per heavy atom. The minimum Gasteiger partial charge on any atom is -0.480 e. The fraction of sp³-hybridized carbons (Fsp3) is 0.636. The van der Waals surface area contributed by atoms with Gasteiger partial charge in [0.05, 0.1) is 0 Å². The molecule has 0 aliphatic heterocycles. The van der Waals surface area contributed by atoms with Crippen molar-refractivity contribution in [3.8, 4) is 0 Å². The van der Waals surface area contributed by atoms with Gasteiger partial charge < -0.3 is 10.4 Å². The van der Waals surface area contributed by atoms with E-state index in [4.69, 9.17) is 5.11 Å². The molecule has 1 aliphatic rings. The molecule has 84 valence electrons. The van der Waals surface area contributed by atoms with Gasteiger partial charge in [0, 0.05) is 6.92 Å². The third-order valence-corrected chi connectivity index (χ3v) is 2.53. The Bertz CT molecular complexity index is 284. The molecule has 0 unspecified atom stereocenters. The van der Waals surface area contributed by atoms with Crippen LogP contribution in [0.15, 0.2) is 11.6 Å². The van der Waals surface area contributed by atoms with E-state index in [0.29, 0.717) is 6.42 Å². The van der Waals surface area contributed by atoms with E-state index in [1.165, 1.54) is 13.3 Å². The number of amides is 1. The van der Waals surface area contributed by atoms with Crippen LogP contribution in [0.25, 0.3) is 0 Å². The zero-order valence-electron chi connectivity index (χ0n) is 8.95. The quantitative estimate of drug-likeness (QED) is 0.692. The number of carboxylic acid groups (broad SMARTS) is 1. The summed E-state index contributed by atoms with van der Waals surface area (Å²) in [4.78, 5) is 21.7. The lowest BCUT2D eigenvalue weighted by Gasteiger charge is -2.18. The predicted octanol–water partition coefficient (Wildman–Crippen LogP) is 1.47. The van der Waals surface area contributed by atoms with E-state index in [1.807, 2.05) is 0 Å². The first-order valence-electron chi connectivity index (χ1n) is 5.27. The minimum atomic E-state index is -0.961. The van der Waals surface area contributed by atoms with Gasteiger partial charge >= 0.3 is 5.97 Å². The van der Waals surface area contributed by atoms with Gasteiger partial charge in [-0.3, -0.25) is 4.79 Å². The number of allylic oxidation sites excluding steroid dienone is 1. The second kappa shape index (κ2) is 5.53. The topological polar surface area (TPSA) is 66.4 Å². The number of aliphatic carboxylic acids is 1. The molecule has 0 fully saturated rings. The Kier molecular flexibility index (Phi) is 4.34. The predicted molar refractivity (Wildman–Crippen MR) is 56.4 cm³/mol. The number of nitrogens with one attached hydrogen (secondary N) is 1. The van der Waals surface area contributed by atoms with Crippen LogP contribution in [0.3, 0.4) is 0 Å². The molecule has 1 amide bonds. The van der Waals surface area contributed by atoms with Crippen molar-refractivity contribution in [3.63, 3.8) is 0 Å². The Morgan fingerprint density at radius 3 is 2.73 bits per heavy atom. The lowest BCUT2D eigenvalue weighted by Crippen LogP contribution is -2.39. The zero-order chi connectivity index (χ0) is 11.3. The van der Waals surface area contributed by atoms with Gasteiger partial charge in [-0.05, 0) is 32.1 Å². The van der Waals surface area contributed by atoms with Crippen molar-refractivity contribution in [2.45, 2.75) is 45.1 Å². The lowest BCUT2D eigenvalue weighted by atomic mass is 9.94. The molecule has 1 atom stereocenters. The summed E-state index contributed by atoms with van der Waals surface area (Å²) in [6, 6.07) is -0.771. The third kappa shape index (κ3) is 4.14. The number of rotatable bonds is 4. The normalized spacial score (nSPS) is 17.8. The first-order chi connectivity index (χ1) is 7.09. The van der Waals surface area contributed by atoms with Crippen LogP contribution in [-0.2, 0) is 9.59 Å². The second-order valence-electron chi connectivity index (χ2n) is 3.90. The minimum absolute atomic E-state index is 0.293. The number of carbonyl (C=O) groups is 2. The van der Waals surface area contributed by atoms with Crippen molar-refractivity contribution in [2.24, 2.45) is 0 Å². The monoisotopic (exact) mass is 211 g/mol. The van der Waals surface area contributed by atoms with Gasteiger partial charge in [0.2, 0.25) is 5.91 Å². The highest BCUT2D eigenvalue weighted by atomic mass is 16.4. The van der Waals surface area contributed by atoms with Gasteiger partial charge in [-0.2, -0.15) is 0 Å². The third-order valence-electron chi connectivity index (χ3n) is 2.53. The lowest BCUT2D eigenvalue weighted by molar-refractivity contribution is -0.141. The van der Waals surface area contributed by atoms with E-state index in [2.05, 4.69) is 11.4 Å². The number of hydrogen-bond acceptors (Lipinski definition) is 2. The van der Waals surface area contributed by atoms with Gasteiger partial charge in [-0.25, -0.2) is 4.79 Å². The molecule has 0 radical (unpaired) electrons. The number of carbonyl (C=O) groups excluding carboxylic acids is 1. The first-order valence-corrected chi connectivity index (χ1v) is 5.27. The van der Waals surface area contributed by atoms with Gasteiger partial charge in [0.25, 0.3) is 0 Å². The largest absolute Gasteiger partial charge is 0.480 e. The van der Waals surface area contributed by atoms with Crippen LogP contribution < -0.4 is 5.32 Å². The van der Waals surface area contributed by atoms with Crippen molar-refractivity contribution in [3.05, 3.63) is 11.6 Å². The smallest absolute Gasteiger partial charge is 0.326 e. The second-order valence-corrected chi connectivity index (χ2v) is 3.90. The Labute approximate surface area is 89.4 Å². The number of carboxylic acids is 1.